The van der Waals surface area contributed by atoms with E-state index in [0.29, 0.717) is 39.5 Å². The molecule has 1 rings (SSSR count). The van der Waals surface area contributed by atoms with Crippen molar-refractivity contribution in [1.29, 1.82) is 0 Å². The molecule has 0 saturated heterocycles. The summed E-state index contributed by atoms with van der Waals surface area (Å²) in [6.45, 7) is 8.63. The second-order valence-corrected chi connectivity index (χ2v) is 8.37. The van der Waals surface area contributed by atoms with Crippen LogP contribution in [0.2, 0.25) is 0 Å². The minimum Gasteiger partial charge on any atom is -0.463 e. The number of hydrogen-bond acceptors (Lipinski definition) is 8. The van der Waals surface area contributed by atoms with E-state index in [1.165, 1.54) is 0 Å². The molecule has 10 nitrogen and oxygen atoms in total. The molecule has 0 aliphatic rings. The molecule has 0 saturated carbocycles. The molecule has 0 fully saturated rings. The number of carbonyl (C=O) groups is 4. The van der Waals surface area contributed by atoms with Crippen LogP contribution in [0.25, 0.3) is 0 Å². The summed E-state index contributed by atoms with van der Waals surface area (Å²) in [4.78, 5) is 45.6. The van der Waals surface area contributed by atoms with E-state index in [1.54, 1.807) is 0 Å². The highest BCUT2D eigenvalue weighted by molar-refractivity contribution is 5.81. The summed E-state index contributed by atoms with van der Waals surface area (Å²) >= 11 is 0. The molecule has 2 amide bonds. The van der Waals surface area contributed by atoms with Gasteiger partial charge in [-0.2, -0.15) is 0 Å². The van der Waals surface area contributed by atoms with Gasteiger partial charge in [0.25, 0.3) is 0 Å². The smallest absolute Gasteiger partial charge is 0.407 e. The van der Waals surface area contributed by atoms with Crippen molar-refractivity contribution in [2.45, 2.75) is 64.5 Å². The number of ether oxygens (including phenoxy) is 4. The van der Waals surface area contributed by atoms with E-state index in [1.807, 2.05) is 24.3 Å². The fourth-order valence-corrected chi connectivity index (χ4v) is 3.21. The van der Waals surface area contributed by atoms with Crippen molar-refractivity contribution >= 4 is 24.1 Å². The molecular weight excluding hydrogens is 492 g/mol. The van der Waals surface area contributed by atoms with Gasteiger partial charge >= 0.3 is 24.1 Å². The van der Waals surface area contributed by atoms with Crippen LogP contribution in [0.1, 0.15) is 62.5 Å². The molecule has 38 heavy (non-hydrogen) atoms. The molecule has 210 valence electrons. The zero-order valence-electron chi connectivity index (χ0n) is 22.0. The first-order chi connectivity index (χ1) is 18.4. The number of esters is 2. The van der Waals surface area contributed by atoms with Gasteiger partial charge in [-0.25, -0.2) is 19.2 Å². The topological polar surface area (TPSA) is 129 Å². The van der Waals surface area contributed by atoms with Gasteiger partial charge in [-0.3, -0.25) is 0 Å². The van der Waals surface area contributed by atoms with E-state index >= 15 is 0 Å². The molecule has 0 unspecified atom stereocenters. The number of rotatable bonds is 20. The van der Waals surface area contributed by atoms with Gasteiger partial charge < -0.3 is 29.6 Å². The Hall–Kier alpha value is -3.82. The van der Waals surface area contributed by atoms with Gasteiger partial charge in [-0.1, -0.05) is 37.4 Å². The molecule has 0 radical (unpaired) electrons. The normalized spacial score (nSPS) is 10.1. The van der Waals surface area contributed by atoms with Gasteiger partial charge in [0, 0.05) is 25.2 Å². The molecule has 0 aliphatic heterocycles. The minimum absolute atomic E-state index is 0.304. The first-order valence-corrected chi connectivity index (χ1v) is 12.9. The fourth-order valence-electron chi connectivity index (χ4n) is 3.21. The monoisotopic (exact) mass is 532 g/mol. The van der Waals surface area contributed by atoms with Crippen LogP contribution in [0.15, 0.2) is 49.6 Å². The Bertz CT molecular complexity index is 820. The first-order valence-electron chi connectivity index (χ1n) is 12.9. The summed E-state index contributed by atoms with van der Waals surface area (Å²) in [5, 5.41) is 5.43. The highest BCUT2D eigenvalue weighted by Gasteiger charge is 2.05. The Balaban J connectivity index is 2.09. The van der Waals surface area contributed by atoms with Crippen LogP contribution >= 0.6 is 0 Å². The molecule has 10 heteroatoms. The number of unbranched alkanes of at least 4 members (excludes halogenated alkanes) is 6. The van der Waals surface area contributed by atoms with Crippen molar-refractivity contribution in [2.75, 3.05) is 26.4 Å². The van der Waals surface area contributed by atoms with Crippen LogP contribution in [0, 0.1) is 0 Å². The number of carbonyl (C=O) groups excluding carboxylic acids is 4. The average Bonchev–Trinajstić information content (AvgIpc) is 2.93. The second-order valence-electron chi connectivity index (χ2n) is 8.37. The lowest BCUT2D eigenvalue weighted by molar-refractivity contribution is -0.138. The summed E-state index contributed by atoms with van der Waals surface area (Å²) in [6.07, 6.45) is 7.75. The Morgan fingerprint density at radius 1 is 0.605 bits per heavy atom. The Kier molecular flexibility index (Phi) is 18.0. The maximum absolute atomic E-state index is 11.9. The summed E-state index contributed by atoms with van der Waals surface area (Å²) in [6, 6.07) is 7.49. The van der Waals surface area contributed by atoms with Crippen LogP contribution < -0.4 is 10.6 Å². The zero-order chi connectivity index (χ0) is 27.8. The second kappa shape index (κ2) is 21.3. The van der Waals surface area contributed by atoms with Gasteiger partial charge in [-0.15, -0.1) is 0 Å². The maximum atomic E-state index is 11.9. The van der Waals surface area contributed by atoms with E-state index < -0.39 is 24.1 Å². The Morgan fingerprint density at radius 2 is 0.974 bits per heavy atom. The van der Waals surface area contributed by atoms with Crippen molar-refractivity contribution in [3.63, 3.8) is 0 Å². The van der Waals surface area contributed by atoms with Gasteiger partial charge in [0.05, 0.1) is 26.4 Å². The van der Waals surface area contributed by atoms with Crippen molar-refractivity contribution < 1.29 is 38.1 Å². The van der Waals surface area contributed by atoms with E-state index in [9.17, 15) is 19.2 Å². The summed E-state index contributed by atoms with van der Waals surface area (Å²) in [5.41, 5.74) is 1.75. The van der Waals surface area contributed by atoms with Crippen LogP contribution in [0.5, 0.6) is 0 Å². The molecule has 0 atom stereocenters. The average molecular weight is 533 g/mol. The third-order valence-corrected chi connectivity index (χ3v) is 5.23. The van der Waals surface area contributed by atoms with Crippen molar-refractivity contribution in [3.8, 4) is 0 Å². The molecular formula is C28H40N2O8. The number of alkyl carbamates (subject to hydrolysis) is 2. The van der Waals surface area contributed by atoms with E-state index in [-0.39, 0.29) is 0 Å². The van der Waals surface area contributed by atoms with Gasteiger partial charge in [-0.05, 0) is 62.5 Å². The molecule has 0 heterocycles. The van der Waals surface area contributed by atoms with Crippen molar-refractivity contribution in [2.24, 2.45) is 0 Å². The lowest BCUT2D eigenvalue weighted by Gasteiger charge is -2.10. The van der Waals surface area contributed by atoms with Crippen molar-refractivity contribution in [3.05, 3.63) is 60.7 Å². The van der Waals surface area contributed by atoms with Crippen LogP contribution in [0.3, 0.4) is 0 Å². The Morgan fingerprint density at radius 3 is 1.34 bits per heavy atom. The van der Waals surface area contributed by atoms with E-state index in [2.05, 4.69) is 23.8 Å². The summed E-state index contributed by atoms with van der Waals surface area (Å²) < 4.78 is 20.1. The number of hydrogen-bond donors (Lipinski definition) is 2. The summed E-state index contributed by atoms with van der Waals surface area (Å²) in [7, 11) is 0. The molecule has 1 aromatic carbocycles. The minimum atomic E-state index is -0.491. The first kappa shape index (κ1) is 32.2. The van der Waals surface area contributed by atoms with Crippen LogP contribution in [-0.2, 0) is 41.6 Å². The van der Waals surface area contributed by atoms with Crippen LogP contribution in [0.4, 0.5) is 9.59 Å². The highest BCUT2D eigenvalue weighted by Crippen LogP contribution is 2.06. The van der Waals surface area contributed by atoms with E-state index in [4.69, 9.17) is 18.9 Å². The lowest BCUT2D eigenvalue weighted by atomic mass is 10.1. The summed E-state index contributed by atoms with van der Waals surface area (Å²) in [5.74, 6) is -0.841. The third kappa shape index (κ3) is 17.6. The predicted octanol–water partition coefficient (Wildman–Crippen LogP) is 4.72. The van der Waals surface area contributed by atoms with Crippen molar-refractivity contribution in [1.82, 2.24) is 10.6 Å². The van der Waals surface area contributed by atoms with Crippen LogP contribution in [-0.4, -0.2) is 50.6 Å². The molecule has 0 aliphatic carbocycles. The van der Waals surface area contributed by atoms with Gasteiger partial charge in [0.2, 0.25) is 0 Å². The predicted molar refractivity (Wildman–Crippen MR) is 142 cm³/mol. The van der Waals surface area contributed by atoms with Gasteiger partial charge in [0.15, 0.2) is 0 Å². The number of benzene rings is 1. The molecule has 2 N–H and O–H groups in total. The third-order valence-electron chi connectivity index (χ3n) is 5.23. The van der Waals surface area contributed by atoms with E-state index in [0.717, 1.165) is 74.6 Å². The zero-order valence-corrected chi connectivity index (χ0v) is 22.0. The Labute approximate surface area is 224 Å². The molecule has 0 aromatic heterocycles. The molecule has 0 spiro atoms. The molecule has 1 aromatic rings. The van der Waals surface area contributed by atoms with Gasteiger partial charge in [0.1, 0.15) is 0 Å². The lowest BCUT2D eigenvalue weighted by Crippen LogP contribution is -2.25. The quantitative estimate of drug-likeness (QED) is 0.107. The highest BCUT2D eigenvalue weighted by atomic mass is 16.6. The maximum Gasteiger partial charge on any atom is 0.407 e. The molecule has 0 bridgehead atoms. The fraction of sp³-hybridized carbons (Fsp3) is 0.500. The number of amides is 2. The largest absolute Gasteiger partial charge is 0.463 e. The SMILES string of the molecule is C=CC(=O)OCCCCCCOC(=O)NCc1cccc(CNC(=O)OCCCCCCOC(=O)C=C)c1. The number of nitrogens with one attached hydrogen (secondary N) is 2. The standard InChI is InChI=1S/C28H40N2O8/c1-3-25(31)35-16-9-5-7-11-18-37-27(33)29-21-23-14-13-15-24(20-23)22-30-28(34)38-19-12-8-6-10-17-36-26(32)4-2/h3-4,13-15,20H,1-2,5-12,16-19,21-22H2,(H,29,33)(H,30,34).